The van der Waals surface area contributed by atoms with Gasteiger partial charge < -0.3 is 10.2 Å². The Hall–Kier alpha value is -0.658. The Labute approximate surface area is 326 Å². The number of carboxylic acid groups (broad SMARTS) is 2. The van der Waals surface area contributed by atoms with Gasteiger partial charge in [-0.05, 0) is 64.2 Å². The van der Waals surface area contributed by atoms with Crippen LogP contribution in [-0.4, -0.2) is 22.2 Å². The molecule has 0 saturated heterocycles. The summed E-state index contributed by atoms with van der Waals surface area (Å²) in [7, 11) is 0. The van der Waals surface area contributed by atoms with Gasteiger partial charge in [0, 0.05) is 40.1 Å². The number of aliphatic carboxylic acids is 2. The van der Waals surface area contributed by atoms with E-state index < -0.39 is 11.9 Å². The average Bonchev–Trinajstić information content (AvgIpc) is 3.07. The van der Waals surface area contributed by atoms with Crippen LogP contribution in [0.15, 0.2) is 24.3 Å². The average molecular weight is 790 g/mol. The standard InChI is InChI=1S/2C22H42O2.Cd/c2*1-2-3-4-5-6-7-8-9-10-11-12-13-14-15-16-17-18-19-20-21-22(23)24;/h2*9-10H,2-8,11-21H2,1H3,(H,23,24);/b2*10-9+;. The van der Waals surface area contributed by atoms with Crippen molar-refractivity contribution in [1.82, 2.24) is 0 Å². The molecule has 0 aliphatic heterocycles. The van der Waals surface area contributed by atoms with Crippen LogP contribution >= 0.6 is 0 Å². The predicted octanol–water partition coefficient (Wildman–Crippen LogP) is 15.3. The maximum absolute atomic E-state index is 10.4. The normalized spacial score (nSPS) is 11.1. The third kappa shape index (κ3) is 56.9. The van der Waals surface area contributed by atoms with Crippen LogP contribution in [0, 0.1) is 0 Å². The third-order valence-corrected chi connectivity index (χ3v) is 9.30. The van der Waals surface area contributed by atoms with Crippen LogP contribution in [0.5, 0.6) is 0 Å². The molecular weight excluding hydrogens is 705 g/mol. The summed E-state index contributed by atoms with van der Waals surface area (Å²) in [5, 5.41) is 17.1. The summed E-state index contributed by atoms with van der Waals surface area (Å²) < 4.78 is 0. The van der Waals surface area contributed by atoms with Gasteiger partial charge in [-0.3, -0.25) is 9.59 Å². The maximum atomic E-state index is 10.4. The Kier molecular flexibility index (Phi) is 53.2. The topological polar surface area (TPSA) is 74.6 Å². The summed E-state index contributed by atoms with van der Waals surface area (Å²) in [6.45, 7) is 4.54. The Morgan fingerprint density at radius 3 is 0.714 bits per heavy atom. The molecule has 0 bridgehead atoms. The first-order valence-electron chi connectivity index (χ1n) is 21.3. The molecule has 0 aromatic rings. The second kappa shape index (κ2) is 49.5. The van der Waals surface area contributed by atoms with Crippen LogP contribution in [0.25, 0.3) is 0 Å². The van der Waals surface area contributed by atoms with Crippen molar-refractivity contribution in [2.75, 3.05) is 0 Å². The smallest absolute Gasteiger partial charge is 0.303 e. The summed E-state index contributed by atoms with van der Waals surface area (Å²) in [6, 6.07) is 0. The van der Waals surface area contributed by atoms with Crippen LogP contribution in [0.4, 0.5) is 0 Å². The Morgan fingerprint density at radius 2 is 0.510 bits per heavy atom. The monoisotopic (exact) mass is 791 g/mol. The summed E-state index contributed by atoms with van der Waals surface area (Å²) in [6.07, 6.45) is 54.2. The van der Waals surface area contributed by atoms with Crippen LogP contribution in [-0.2, 0) is 36.9 Å². The minimum absolute atomic E-state index is 0. The molecule has 49 heavy (non-hydrogen) atoms. The van der Waals surface area contributed by atoms with E-state index in [1.54, 1.807) is 0 Å². The third-order valence-electron chi connectivity index (χ3n) is 9.30. The van der Waals surface area contributed by atoms with Gasteiger partial charge in [0.1, 0.15) is 0 Å². The molecule has 0 atom stereocenters. The predicted molar refractivity (Wildman–Crippen MR) is 211 cm³/mol. The minimum Gasteiger partial charge on any atom is -0.481 e. The molecule has 0 rings (SSSR count). The first kappa shape index (κ1) is 52.7. The molecule has 5 heteroatoms. The first-order chi connectivity index (χ1) is 23.5. The number of hydrogen-bond acceptors (Lipinski definition) is 2. The Balaban J connectivity index is -0.000000846. The number of rotatable bonds is 38. The van der Waals surface area contributed by atoms with E-state index in [9.17, 15) is 9.59 Å². The van der Waals surface area contributed by atoms with E-state index in [1.165, 1.54) is 193 Å². The van der Waals surface area contributed by atoms with Crippen molar-refractivity contribution < 1.29 is 47.1 Å². The molecule has 4 nitrogen and oxygen atoms in total. The van der Waals surface area contributed by atoms with Crippen molar-refractivity contribution in [2.45, 2.75) is 245 Å². The molecule has 0 aliphatic rings. The molecule has 0 saturated carbocycles. The first-order valence-corrected chi connectivity index (χ1v) is 21.3. The van der Waals surface area contributed by atoms with Crippen molar-refractivity contribution in [3.8, 4) is 0 Å². The molecule has 2 N–H and O–H groups in total. The number of carboxylic acids is 2. The van der Waals surface area contributed by atoms with Crippen molar-refractivity contribution in [3.05, 3.63) is 24.3 Å². The fraction of sp³-hybridized carbons (Fsp3) is 0.864. The fourth-order valence-corrected chi connectivity index (χ4v) is 6.11. The summed E-state index contributed by atoms with van der Waals surface area (Å²) >= 11 is 0. The largest absolute Gasteiger partial charge is 0.481 e. The van der Waals surface area contributed by atoms with Crippen LogP contribution < -0.4 is 0 Å². The second-order valence-corrected chi connectivity index (χ2v) is 14.3. The quantitative estimate of drug-likeness (QED) is 0.0371. The van der Waals surface area contributed by atoms with Gasteiger partial charge >= 0.3 is 11.9 Å². The molecule has 0 spiro atoms. The Bertz CT molecular complexity index is 632. The van der Waals surface area contributed by atoms with Crippen LogP contribution in [0.1, 0.15) is 245 Å². The van der Waals surface area contributed by atoms with Gasteiger partial charge in [-0.25, -0.2) is 0 Å². The van der Waals surface area contributed by atoms with E-state index in [0.717, 1.165) is 25.7 Å². The zero-order chi connectivity index (χ0) is 35.4. The van der Waals surface area contributed by atoms with Gasteiger partial charge in [0.25, 0.3) is 0 Å². The molecular formula is C44H84CdO4. The molecule has 0 aromatic heterocycles. The SMILES string of the molecule is CCCCCCCC/C=C/CCCCCCCCCCCC(=O)O.CCCCCCCC/C=C/CCCCCCCCCCCC(=O)O.[Cd]. The van der Waals surface area contributed by atoms with E-state index >= 15 is 0 Å². The number of carbonyl (C=O) groups is 2. The van der Waals surface area contributed by atoms with E-state index in [-0.39, 0.29) is 27.3 Å². The van der Waals surface area contributed by atoms with Gasteiger partial charge in [-0.15, -0.1) is 0 Å². The number of allylic oxidation sites excluding steroid dienone is 4. The Morgan fingerprint density at radius 1 is 0.327 bits per heavy atom. The fourth-order valence-electron chi connectivity index (χ4n) is 6.11. The number of hydrogen-bond donors (Lipinski definition) is 2. The molecule has 0 fully saturated rings. The summed E-state index contributed by atoms with van der Waals surface area (Å²) in [5.41, 5.74) is 0. The van der Waals surface area contributed by atoms with Crippen molar-refractivity contribution in [3.63, 3.8) is 0 Å². The molecule has 0 unspecified atom stereocenters. The van der Waals surface area contributed by atoms with E-state index in [0.29, 0.717) is 12.8 Å². The van der Waals surface area contributed by atoms with Gasteiger partial charge in [-0.1, -0.05) is 192 Å². The van der Waals surface area contributed by atoms with Gasteiger partial charge in [0.15, 0.2) is 0 Å². The zero-order valence-corrected chi connectivity index (χ0v) is 37.2. The molecule has 286 valence electrons. The van der Waals surface area contributed by atoms with Crippen molar-refractivity contribution >= 4 is 11.9 Å². The molecule has 0 aromatic carbocycles. The van der Waals surface area contributed by atoms with Gasteiger partial charge in [0.05, 0.1) is 0 Å². The van der Waals surface area contributed by atoms with Gasteiger partial charge in [0.2, 0.25) is 0 Å². The van der Waals surface area contributed by atoms with Crippen LogP contribution in [0.2, 0.25) is 0 Å². The maximum Gasteiger partial charge on any atom is 0.303 e. The number of unbranched alkanes of at least 4 members (excludes halogenated alkanes) is 30. The molecule has 0 radical (unpaired) electrons. The second-order valence-electron chi connectivity index (χ2n) is 14.3. The summed E-state index contributed by atoms with van der Waals surface area (Å²) in [5.74, 6) is -1.31. The van der Waals surface area contributed by atoms with Crippen LogP contribution in [0.3, 0.4) is 0 Å². The van der Waals surface area contributed by atoms with Gasteiger partial charge in [-0.2, -0.15) is 0 Å². The molecule has 0 aliphatic carbocycles. The van der Waals surface area contributed by atoms with E-state index in [1.807, 2.05) is 0 Å². The minimum atomic E-state index is -0.656. The zero-order valence-electron chi connectivity index (χ0n) is 33.2. The van der Waals surface area contributed by atoms with E-state index in [2.05, 4.69) is 38.2 Å². The molecule has 0 amide bonds. The van der Waals surface area contributed by atoms with Crippen molar-refractivity contribution in [1.29, 1.82) is 0 Å². The molecule has 0 heterocycles. The van der Waals surface area contributed by atoms with E-state index in [4.69, 9.17) is 10.2 Å². The van der Waals surface area contributed by atoms with Crippen molar-refractivity contribution in [2.24, 2.45) is 0 Å². The summed E-state index contributed by atoms with van der Waals surface area (Å²) in [4.78, 5) is 20.8.